The second-order valence-electron chi connectivity index (χ2n) is 4.28. The van der Waals surface area contributed by atoms with Crippen LogP contribution >= 0.6 is 12.2 Å². The van der Waals surface area contributed by atoms with E-state index in [9.17, 15) is 9.18 Å². The molecule has 1 aromatic carbocycles. The number of thiocarbonyl (C=S) groups is 1. The summed E-state index contributed by atoms with van der Waals surface area (Å²) < 4.78 is 13.2. The molecule has 0 radical (unpaired) electrons. The van der Waals surface area contributed by atoms with E-state index >= 15 is 0 Å². The van der Waals surface area contributed by atoms with Gasteiger partial charge in [-0.05, 0) is 31.0 Å². The van der Waals surface area contributed by atoms with Gasteiger partial charge in [-0.25, -0.2) is 4.39 Å². The summed E-state index contributed by atoms with van der Waals surface area (Å²) in [5, 5.41) is 0. The lowest BCUT2D eigenvalue weighted by atomic mass is 10.1. The van der Waals surface area contributed by atoms with E-state index in [-0.39, 0.29) is 16.9 Å². The predicted octanol–water partition coefficient (Wildman–Crippen LogP) is 0.914. The minimum absolute atomic E-state index is 0.111. The summed E-state index contributed by atoms with van der Waals surface area (Å²) >= 11 is 4.92. The van der Waals surface area contributed by atoms with Gasteiger partial charge in [0.2, 0.25) is 5.91 Å². The predicted molar refractivity (Wildman–Crippen MR) is 71.8 cm³/mol. The number of primary amides is 1. The number of benzene rings is 1. The lowest BCUT2D eigenvalue weighted by molar-refractivity contribution is -0.119. The summed E-state index contributed by atoms with van der Waals surface area (Å²) in [6, 6.07) is 3.83. The van der Waals surface area contributed by atoms with Crippen LogP contribution in [0.25, 0.3) is 0 Å². The minimum Gasteiger partial charge on any atom is -0.389 e. The Labute approximate surface area is 110 Å². The van der Waals surface area contributed by atoms with Crippen molar-refractivity contribution < 1.29 is 9.18 Å². The largest absolute Gasteiger partial charge is 0.389 e. The van der Waals surface area contributed by atoms with Crippen LogP contribution in [0.15, 0.2) is 18.2 Å². The van der Waals surface area contributed by atoms with Gasteiger partial charge in [-0.3, -0.25) is 4.79 Å². The molecule has 4 nitrogen and oxygen atoms in total. The lowest BCUT2D eigenvalue weighted by Crippen LogP contribution is -2.41. The highest BCUT2D eigenvalue weighted by molar-refractivity contribution is 7.80. The van der Waals surface area contributed by atoms with Gasteiger partial charge in [-0.2, -0.15) is 0 Å². The maximum atomic E-state index is 13.2. The molecule has 0 aromatic heterocycles. The van der Waals surface area contributed by atoms with Gasteiger partial charge < -0.3 is 16.4 Å². The summed E-state index contributed by atoms with van der Waals surface area (Å²) in [7, 11) is 0. The summed E-state index contributed by atoms with van der Waals surface area (Å²) in [5.41, 5.74) is 12.1. The molecule has 0 aliphatic carbocycles. The Morgan fingerprint density at radius 2 is 2.17 bits per heavy atom. The molecule has 0 bridgehead atoms. The number of nitrogens with two attached hydrogens (primary N) is 2. The van der Waals surface area contributed by atoms with Crippen molar-refractivity contribution in [1.29, 1.82) is 0 Å². The Bertz CT molecular complexity index is 506. The molecule has 6 heteroatoms. The molecule has 2 rings (SSSR count). The Morgan fingerprint density at radius 1 is 1.44 bits per heavy atom. The van der Waals surface area contributed by atoms with E-state index in [0.29, 0.717) is 24.2 Å². The van der Waals surface area contributed by atoms with Crippen molar-refractivity contribution in [2.75, 3.05) is 11.4 Å². The fourth-order valence-corrected chi connectivity index (χ4v) is 2.47. The van der Waals surface area contributed by atoms with Crippen molar-refractivity contribution in [3.63, 3.8) is 0 Å². The highest BCUT2D eigenvalue weighted by Gasteiger charge is 2.30. The molecular weight excluding hydrogens is 253 g/mol. The van der Waals surface area contributed by atoms with Gasteiger partial charge in [0, 0.05) is 17.8 Å². The van der Waals surface area contributed by atoms with Gasteiger partial charge >= 0.3 is 0 Å². The highest BCUT2D eigenvalue weighted by Crippen LogP contribution is 2.29. The Hall–Kier alpha value is -1.69. The zero-order valence-electron chi connectivity index (χ0n) is 9.73. The van der Waals surface area contributed by atoms with Crippen molar-refractivity contribution in [3.8, 4) is 0 Å². The van der Waals surface area contributed by atoms with E-state index in [1.54, 1.807) is 6.07 Å². The third-order valence-corrected chi connectivity index (χ3v) is 3.33. The van der Waals surface area contributed by atoms with Gasteiger partial charge in [0.05, 0.1) is 0 Å². The summed E-state index contributed by atoms with van der Waals surface area (Å²) in [4.78, 5) is 13.3. The third kappa shape index (κ3) is 2.28. The first kappa shape index (κ1) is 12.8. The van der Waals surface area contributed by atoms with Crippen molar-refractivity contribution >= 4 is 28.8 Å². The van der Waals surface area contributed by atoms with E-state index in [1.807, 2.05) is 4.90 Å². The number of rotatable bonds is 3. The van der Waals surface area contributed by atoms with Crippen LogP contribution in [0.3, 0.4) is 0 Å². The number of nitrogens with zero attached hydrogens (tertiary/aromatic N) is 1. The zero-order valence-corrected chi connectivity index (χ0v) is 10.5. The molecular formula is C12H14FN3OS. The quantitative estimate of drug-likeness (QED) is 0.799. The van der Waals surface area contributed by atoms with Gasteiger partial charge in [-0.15, -0.1) is 0 Å². The molecule has 1 atom stereocenters. The van der Waals surface area contributed by atoms with Crippen LogP contribution in [0.2, 0.25) is 0 Å². The molecule has 1 heterocycles. The lowest BCUT2D eigenvalue weighted by Gasteiger charge is -2.26. The Kier molecular flexibility index (Phi) is 3.47. The normalized spacial score (nSPS) is 18.9. The SMILES string of the molecule is NC(=O)C1CCCN1c1ccc(F)cc1C(N)=S. The molecule has 1 aliphatic heterocycles. The van der Waals surface area contributed by atoms with E-state index in [2.05, 4.69) is 0 Å². The van der Waals surface area contributed by atoms with E-state index in [4.69, 9.17) is 23.7 Å². The third-order valence-electron chi connectivity index (χ3n) is 3.11. The molecule has 96 valence electrons. The number of anilines is 1. The number of hydrogen-bond donors (Lipinski definition) is 2. The van der Waals surface area contributed by atoms with Gasteiger partial charge in [0.15, 0.2) is 0 Å². The minimum atomic E-state index is -0.406. The van der Waals surface area contributed by atoms with Gasteiger partial charge in [0.25, 0.3) is 0 Å². The van der Waals surface area contributed by atoms with Crippen molar-refractivity contribution in [2.24, 2.45) is 11.5 Å². The fourth-order valence-electron chi connectivity index (χ4n) is 2.31. The summed E-state index contributed by atoms with van der Waals surface area (Å²) in [5.74, 6) is -0.790. The maximum absolute atomic E-state index is 13.2. The number of carbonyl (C=O) groups is 1. The molecule has 18 heavy (non-hydrogen) atoms. The first-order valence-corrected chi connectivity index (χ1v) is 6.07. The molecule has 1 aliphatic rings. The van der Waals surface area contributed by atoms with E-state index in [1.165, 1.54) is 12.1 Å². The molecule has 1 fully saturated rings. The van der Waals surface area contributed by atoms with Gasteiger partial charge in [0.1, 0.15) is 16.8 Å². The number of halogens is 1. The molecule has 1 saturated heterocycles. The van der Waals surface area contributed by atoms with Crippen molar-refractivity contribution in [1.82, 2.24) is 0 Å². The first-order valence-electron chi connectivity index (χ1n) is 5.66. The molecule has 1 aromatic rings. The van der Waals surface area contributed by atoms with E-state index < -0.39 is 5.82 Å². The molecule has 1 unspecified atom stereocenters. The molecule has 0 saturated carbocycles. The monoisotopic (exact) mass is 267 g/mol. The Morgan fingerprint density at radius 3 is 2.78 bits per heavy atom. The number of amides is 1. The number of hydrogen-bond acceptors (Lipinski definition) is 3. The zero-order chi connectivity index (χ0) is 13.3. The molecule has 1 amide bonds. The van der Waals surface area contributed by atoms with Crippen LogP contribution < -0.4 is 16.4 Å². The van der Waals surface area contributed by atoms with Crippen LogP contribution in [0.5, 0.6) is 0 Å². The second-order valence-corrected chi connectivity index (χ2v) is 4.72. The van der Waals surface area contributed by atoms with E-state index in [0.717, 1.165) is 6.42 Å². The fraction of sp³-hybridized carbons (Fsp3) is 0.333. The summed E-state index contributed by atoms with van der Waals surface area (Å²) in [6.45, 7) is 0.689. The summed E-state index contributed by atoms with van der Waals surface area (Å²) in [6.07, 6.45) is 1.56. The number of carbonyl (C=O) groups excluding carboxylic acids is 1. The standard InChI is InChI=1S/C12H14FN3OS/c13-7-3-4-9(8(6-7)12(15)18)16-5-1-2-10(16)11(14)17/h3-4,6,10H,1-2,5H2,(H2,14,17)(H2,15,18). The smallest absolute Gasteiger partial charge is 0.240 e. The average Bonchev–Trinajstić information content (AvgIpc) is 2.77. The van der Waals surface area contributed by atoms with Crippen molar-refractivity contribution in [3.05, 3.63) is 29.6 Å². The highest BCUT2D eigenvalue weighted by atomic mass is 32.1. The van der Waals surface area contributed by atoms with Crippen molar-refractivity contribution in [2.45, 2.75) is 18.9 Å². The van der Waals surface area contributed by atoms with Crippen LogP contribution in [-0.4, -0.2) is 23.5 Å². The van der Waals surface area contributed by atoms with Gasteiger partial charge in [-0.1, -0.05) is 12.2 Å². The topological polar surface area (TPSA) is 72.4 Å². The molecule has 0 spiro atoms. The average molecular weight is 267 g/mol. The van der Waals surface area contributed by atoms with Crippen LogP contribution in [-0.2, 0) is 4.79 Å². The molecule has 4 N–H and O–H groups in total. The van der Waals surface area contributed by atoms with Crippen LogP contribution in [0.1, 0.15) is 18.4 Å². The maximum Gasteiger partial charge on any atom is 0.240 e. The first-order chi connectivity index (χ1) is 8.50. The van der Waals surface area contributed by atoms with Crippen LogP contribution in [0.4, 0.5) is 10.1 Å². The second kappa shape index (κ2) is 4.89. The Balaban J connectivity index is 2.44. The van der Waals surface area contributed by atoms with Crippen LogP contribution in [0, 0.1) is 5.82 Å².